The van der Waals surface area contributed by atoms with Gasteiger partial charge >= 0.3 is 5.97 Å². The van der Waals surface area contributed by atoms with E-state index in [-0.39, 0.29) is 11.7 Å². The van der Waals surface area contributed by atoms with Crippen LogP contribution in [-0.4, -0.2) is 32.9 Å². The molecule has 2 heterocycles. The van der Waals surface area contributed by atoms with Gasteiger partial charge in [-0.25, -0.2) is 9.97 Å². The number of aryl methyl sites for hydroxylation is 1. The van der Waals surface area contributed by atoms with Gasteiger partial charge in [-0.15, -0.1) is 0 Å². The van der Waals surface area contributed by atoms with Gasteiger partial charge in [0.1, 0.15) is 17.0 Å². The Hall–Kier alpha value is -3.12. The maximum absolute atomic E-state index is 11.9. The van der Waals surface area contributed by atoms with E-state index in [1.165, 1.54) is 17.3 Å². The van der Waals surface area contributed by atoms with E-state index in [2.05, 4.69) is 64.1 Å². The quantitative estimate of drug-likeness (QED) is 0.256. The molecule has 4 rings (SSSR count). The van der Waals surface area contributed by atoms with Crippen LogP contribution in [0.5, 0.6) is 0 Å². The number of hydrogen-bond donors (Lipinski definition) is 0. The lowest BCUT2D eigenvalue weighted by atomic mass is 10.1. The van der Waals surface area contributed by atoms with Crippen LogP contribution in [0.15, 0.2) is 72.1 Å². The maximum atomic E-state index is 11.9. The van der Waals surface area contributed by atoms with Crippen LogP contribution >= 0.6 is 11.8 Å². The Morgan fingerprint density at radius 3 is 2.55 bits per heavy atom. The zero-order chi connectivity index (χ0) is 20.2. The van der Waals surface area contributed by atoms with E-state index in [9.17, 15) is 4.79 Å². The first-order valence-corrected chi connectivity index (χ1v) is 10.4. The number of fused-ring (bicyclic) bond motifs is 1. The molecule has 6 heteroatoms. The molecular formula is C23H21N3O2S. The molecule has 0 aliphatic rings. The minimum atomic E-state index is -0.247. The Kier molecular flexibility index (Phi) is 5.62. The lowest BCUT2D eigenvalue weighted by Gasteiger charge is -2.06. The number of carbonyl (C=O) groups excluding carboxylic acids is 1. The SMILES string of the molecule is CCOC(=O)CSc1ncnc2c1c(-c1ccccc1)cn2-c1ccc(C)cc1. The van der Waals surface area contributed by atoms with Crippen molar-refractivity contribution in [2.45, 2.75) is 18.9 Å². The van der Waals surface area contributed by atoms with Gasteiger partial charge in [0.15, 0.2) is 0 Å². The minimum Gasteiger partial charge on any atom is -0.465 e. The monoisotopic (exact) mass is 403 g/mol. The van der Waals surface area contributed by atoms with E-state index < -0.39 is 0 Å². The van der Waals surface area contributed by atoms with Crippen LogP contribution in [-0.2, 0) is 9.53 Å². The van der Waals surface area contributed by atoms with Crippen LogP contribution in [0, 0.1) is 6.92 Å². The van der Waals surface area contributed by atoms with Gasteiger partial charge in [-0.1, -0.05) is 59.8 Å². The topological polar surface area (TPSA) is 57.0 Å². The molecule has 5 nitrogen and oxygen atoms in total. The molecule has 0 aliphatic carbocycles. The molecule has 0 spiro atoms. The molecule has 4 aromatic rings. The van der Waals surface area contributed by atoms with E-state index >= 15 is 0 Å². The lowest BCUT2D eigenvalue weighted by Crippen LogP contribution is -2.06. The van der Waals surface area contributed by atoms with Crippen LogP contribution in [0.25, 0.3) is 27.8 Å². The van der Waals surface area contributed by atoms with Crippen LogP contribution in [0.2, 0.25) is 0 Å². The summed E-state index contributed by atoms with van der Waals surface area (Å²) in [7, 11) is 0. The van der Waals surface area contributed by atoms with Gasteiger partial charge in [0.2, 0.25) is 0 Å². The normalized spacial score (nSPS) is 11.0. The minimum absolute atomic E-state index is 0.212. The molecule has 0 saturated heterocycles. The van der Waals surface area contributed by atoms with Crippen molar-refractivity contribution in [1.29, 1.82) is 0 Å². The van der Waals surface area contributed by atoms with Gasteiger partial charge in [-0.2, -0.15) is 0 Å². The van der Waals surface area contributed by atoms with Crippen molar-refractivity contribution < 1.29 is 9.53 Å². The Bertz CT molecular complexity index is 1140. The number of rotatable bonds is 6. The third-order valence-corrected chi connectivity index (χ3v) is 5.54. The number of esters is 1. The molecule has 0 saturated carbocycles. The number of aromatic nitrogens is 3. The van der Waals surface area contributed by atoms with Crippen molar-refractivity contribution in [3.63, 3.8) is 0 Å². The summed E-state index contributed by atoms with van der Waals surface area (Å²) < 4.78 is 7.14. The van der Waals surface area contributed by atoms with Crippen LogP contribution in [0.3, 0.4) is 0 Å². The second-order valence-electron chi connectivity index (χ2n) is 6.59. The first kappa shape index (κ1) is 19.2. The summed E-state index contributed by atoms with van der Waals surface area (Å²) in [5.41, 5.74) is 5.16. The Morgan fingerprint density at radius 2 is 1.83 bits per heavy atom. The highest BCUT2D eigenvalue weighted by Crippen LogP contribution is 2.36. The largest absolute Gasteiger partial charge is 0.465 e. The zero-order valence-corrected chi connectivity index (χ0v) is 17.1. The van der Waals surface area contributed by atoms with Gasteiger partial charge in [-0.05, 0) is 31.5 Å². The first-order chi connectivity index (χ1) is 14.2. The Balaban J connectivity index is 1.87. The molecular weight excluding hydrogens is 382 g/mol. The maximum Gasteiger partial charge on any atom is 0.316 e. The molecule has 146 valence electrons. The molecule has 2 aromatic carbocycles. The lowest BCUT2D eigenvalue weighted by molar-refractivity contribution is -0.139. The third-order valence-electron chi connectivity index (χ3n) is 4.58. The molecule has 2 aromatic heterocycles. The summed E-state index contributed by atoms with van der Waals surface area (Å²) in [5.74, 6) is -0.0346. The Labute approximate surface area is 173 Å². The van der Waals surface area contributed by atoms with E-state index in [1.807, 2.05) is 18.2 Å². The Morgan fingerprint density at radius 1 is 1.07 bits per heavy atom. The predicted octanol–water partition coefficient (Wildman–Crippen LogP) is 5.05. The molecule has 0 N–H and O–H groups in total. The number of ether oxygens (including phenoxy) is 1. The molecule has 0 atom stereocenters. The molecule has 0 fully saturated rings. The molecule has 29 heavy (non-hydrogen) atoms. The summed E-state index contributed by atoms with van der Waals surface area (Å²) in [4.78, 5) is 20.9. The molecule has 0 amide bonds. The van der Waals surface area contributed by atoms with Gasteiger partial charge in [0.05, 0.1) is 17.7 Å². The van der Waals surface area contributed by atoms with E-state index in [0.717, 1.165) is 32.9 Å². The fraction of sp³-hybridized carbons (Fsp3) is 0.174. The van der Waals surface area contributed by atoms with Crippen LogP contribution in [0.1, 0.15) is 12.5 Å². The highest BCUT2D eigenvalue weighted by atomic mass is 32.2. The summed E-state index contributed by atoms with van der Waals surface area (Å²) in [6, 6.07) is 18.5. The smallest absolute Gasteiger partial charge is 0.316 e. The van der Waals surface area contributed by atoms with Gasteiger partial charge in [0, 0.05) is 17.4 Å². The van der Waals surface area contributed by atoms with Crippen molar-refractivity contribution in [1.82, 2.24) is 14.5 Å². The summed E-state index contributed by atoms with van der Waals surface area (Å²) in [6.45, 7) is 4.25. The second kappa shape index (κ2) is 8.49. The number of benzene rings is 2. The van der Waals surface area contributed by atoms with Crippen molar-refractivity contribution in [2.75, 3.05) is 12.4 Å². The highest BCUT2D eigenvalue weighted by molar-refractivity contribution is 8.00. The summed E-state index contributed by atoms with van der Waals surface area (Å²) in [5, 5.41) is 1.71. The van der Waals surface area contributed by atoms with Crippen molar-refractivity contribution in [3.8, 4) is 16.8 Å². The highest BCUT2D eigenvalue weighted by Gasteiger charge is 2.18. The van der Waals surface area contributed by atoms with Gasteiger partial charge in [0.25, 0.3) is 0 Å². The van der Waals surface area contributed by atoms with E-state index in [0.29, 0.717) is 6.61 Å². The predicted molar refractivity (Wildman–Crippen MR) is 116 cm³/mol. The molecule has 0 aliphatic heterocycles. The van der Waals surface area contributed by atoms with E-state index in [4.69, 9.17) is 4.74 Å². The average molecular weight is 404 g/mol. The number of hydrogen-bond acceptors (Lipinski definition) is 5. The van der Waals surface area contributed by atoms with Crippen LogP contribution < -0.4 is 0 Å². The van der Waals surface area contributed by atoms with Crippen molar-refractivity contribution in [2.24, 2.45) is 0 Å². The van der Waals surface area contributed by atoms with Crippen molar-refractivity contribution in [3.05, 3.63) is 72.7 Å². The molecule has 0 radical (unpaired) electrons. The fourth-order valence-electron chi connectivity index (χ4n) is 3.21. The van der Waals surface area contributed by atoms with Gasteiger partial charge < -0.3 is 9.30 Å². The fourth-order valence-corrected chi connectivity index (χ4v) is 4.02. The second-order valence-corrected chi connectivity index (χ2v) is 7.55. The molecule has 0 unspecified atom stereocenters. The summed E-state index contributed by atoms with van der Waals surface area (Å²) in [6.07, 6.45) is 3.64. The number of thioether (sulfide) groups is 1. The zero-order valence-electron chi connectivity index (χ0n) is 16.3. The van der Waals surface area contributed by atoms with E-state index in [1.54, 1.807) is 13.3 Å². The van der Waals surface area contributed by atoms with Crippen molar-refractivity contribution >= 4 is 28.8 Å². The van der Waals surface area contributed by atoms with Crippen LogP contribution in [0.4, 0.5) is 0 Å². The third kappa shape index (κ3) is 4.03. The standard InChI is InChI=1S/C23H21N3O2S/c1-3-28-20(27)14-29-23-21-19(17-7-5-4-6-8-17)13-26(22(21)24-15-25-23)18-11-9-16(2)10-12-18/h4-13,15H,3,14H2,1-2H3. The summed E-state index contributed by atoms with van der Waals surface area (Å²) >= 11 is 1.38. The van der Waals surface area contributed by atoms with Gasteiger partial charge in [-0.3, -0.25) is 4.79 Å². The average Bonchev–Trinajstić information content (AvgIpc) is 3.14. The molecule has 0 bridgehead atoms. The number of nitrogens with zero attached hydrogens (tertiary/aromatic N) is 3. The first-order valence-electron chi connectivity index (χ1n) is 9.44. The number of carbonyl (C=O) groups is 1.